The fourth-order valence-corrected chi connectivity index (χ4v) is 0.866. The molecule has 0 atom stereocenters. The van der Waals surface area contributed by atoms with Crippen LogP contribution < -0.4 is 0 Å². The fourth-order valence-electron chi connectivity index (χ4n) is 0.289. The van der Waals surface area contributed by atoms with E-state index in [0.29, 0.717) is 0 Å². The molecule has 0 aromatic carbocycles. The molecule has 0 saturated carbocycles. The van der Waals surface area contributed by atoms with Crippen LogP contribution in [-0.2, 0) is 56.5 Å². The Labute approximate surface area is 109 Å². The molecule has 0 aliphatic carbocycles. The van der Waals surface area contributed by atoms with Gasteiger partial charge in [-0.15, -0.1) is 0 Å². The van der Waals surface area contributed by atoms with E-state index in [4.69, 9.17) is 0 Å². The maximum absolute atomic E-state index is 9.45. The van der Waals surface area contributed by atoms with Crippen molar-refractivity contribution in [1.29, 1.82) is 0 Å². The molecule has 0 aliphatic rings. The van der Waals surface area contributed by atoms with Gasteiger partial charge in [0.1, 0.15) is 0 Å². The standard InChI is InChI=1S/2C2H6O4S.Cd/c2*1-2-6-7(3,4)5;/h2*2H2,1H3,(H,3,4,5);/q;;+2/p-2. The first kappa shape index (κ1) is 21.0. The second-order valence-electron chi connectivity index (χ2n) is 1.63. The first-order chi connectivity index (χ1) is 6.12. The summed E-state index contributed by atoms with van der Waals surface area (Å²) in [5.74, 6) is 0. The maximum Gasteiger partial charge on any atom is 2.00 e. The van der Waals surface area contributed by atoms with Gasteiger partial charge in [-0.2, -0.15) is 0 Å². The minimum Gasteiger partial charge on any atom is -0.726 e. The Balaban J connectivity index is -0.000000180. The summed E-state index contributed by atoms with van der Waals surface area (Å²) < 4.78 is 64.0. The van der Waals surface area contributed by atoms with E-state index in [2.05, 4.69) is 8.37 Å². The Morgan fingerprint density at radius 1 is 0.867 bits per heavy atom. The van der Waals surface area contributed by atoms with Crippen LogP contribution in [0.25, 0.3) is 0 Å². The van der Waals surface area contributed by atoms with E-state index in [9.17, 15) is 25.9 Å². The van der Waals surface area contributed by atoms with Gasteiger partial charge in [-0.05, 0) is 13.8 Å². The summed E-state index contributed by atoms with van der Waals surface area (Å²) in [6.45, 7) is 2.67. The molecule has 88 valence electrons. The van der Waals surface area contributed by atoms with Crippen molar-refractivity contribution in [3.8, 4) is 0 Å². The topological polar surface area (TPSA) is 133 Å². The molecule has 0 heterocycles. The SMILES string of the molecule is CCOS(=O)(=O)[O-].CCOS(=O)(=O)[O-].[Cd+2]. The van der Waals surface area contributed by atoms with E-state index >= 15 is 0 Å². The van der Waals surface area contributed by atoms with Gasteiger partial charge in [0.2, 0.25) is 20.8 Å². The molecule has 0 spiro atoms. The molecule has 0 bridgehead atoms. The predicted octanol–water partition coefficient (Wildman–Crippen LogP) is -1.04. The van der Waals surface area contributed by atoms with E-state index in [1.54, 1.807) is 0 Å². The first-order valence-corrected chi connectivity index (χ1v) is 5.99. The van der Waals surface area contributed by atoms with Gasteiger partial charge in [0.05, 0.1) is 13.2 Å². The van der Waals surface area contributed by atoms with E-state index in [1.807, 2.05) is 0 Å². The summed E-state index contributed by atoms with van der Waals surface area (Å²) in [6.07, 6.45) is 0. The Morgan fingerprint density at radius 2 is 1.07 bits per heavy atom. The molecule has 15 heavy (non-hydrogen) atoms. The number of hydrogen-bond donors (Lipinski definition) is 0. The van der Waals surface area contributed by atoms with Crippen LogP contribution in [0.1, 0.15) is 13.8 Å². The summed E-state index contributed by atoms with van der Waals surface area (Å²) in [5, 5.41) is 0. The van der Waals surface area contributed by atoms with Crippen LogP contribution in [0.2, 0.25) is 0 Å². The second kappa shape index (κ2) is 9.86. The Bertz CT molecular complexity index is 285. The minimum absolute atomic E-state index is 0. The minimum atomic E-state index is -4.42. The van der Waals surface area contributed by atoms with E-state index in [1.165, 1.54) is 13.8 Å². The van der Waals surface area contributed by atoms with Crippen molar-refractivity contribution in [2.45, 2.75) is 13.8 Å². The van der Waals surface area contributed by atoms with E-state index < -0.39 is 20.8 Å². The molecule has 0 N–H and O–H groups in total. The van der Waals surface area contributed by atoms with Gasteiger partial charge in [-0.3, -0.25) is 8.37 Å². The van der Waals surface area contributed by atoms with Crippen LogP contribution in [0, 0.1) is 0 Å². The van der Waals surface area contributed by atoms with Gasteiger partial charge in [0.15, 0.2) is 0 Å². The Kier molecular flexibility index (Phi) is 13.8. The molecule has 8 nitrogen and oxygen atoms in total. The quantitative estimate of drug-likeness (QED) is 0.352. The van der Waals surface area contributed by atoms with Crippen molar-refractivity contribution in [3.63, 3.8) is 0 Å². The molecule has 0 fully saturated rings. The van der Waals surface area contributed by atoms with Crippen molar-refractivity contribution in [2.75, 3.05) is 13.2 Å². The van der Waals surface area contributed by atoms with Crippen molar-refractivity contribution in [3.05, 3.63) is 0 Å². The Hall–Kier alpha value is 0.662. The molecule has 0 aromatic heterocycles. The smallest absolute Gasteiger partial charge is 0.726 e. The van der Waals surface area contributed by atoms with Gasteiger partial charge in [0, 0.05) is 0 Å². The zero-order chi connectivity index (χ0) is 11.8. The summed E-state index contributed by atoms with van der Waals surface area (Å²) in [4.78, 5) is 0. The maximum atomic E-state index is 9.45. The first-order valence-electron chi connectivity index (χ1n) is 3.32. The van der Waals surface area contributed by atoms with Crippen molar-refractivity contribution >= 4 is 20.8 Å². The van der Waals surface area contributed by atoms with E-state index in [0.717, 1.165) is 0 Å². The molecule has 11 heteroatoms. The largest absolute Gasteiger partial charge is 2.00 e. The van der Waals surface area contributed by atoms with E-state index in [-0.39, 0.29) is 40.5 Å². The molecule has 0 unspecified atom stereocenters. The molecule has 0 amide bonds. The fraction of sp³-hybridized carbons (Fsp3) is 1.00. The second-order valence-corrected chi connectivity index (χ2v) is 3.73. The van der Waals surface area contributed by atoms with Crippen molar-refractivity contribution in [2.24, 2.45) is 0 Å². The van der Waals surface area contributed by atoms with Gasteiger partial charge in [-0.25, -0.2) is 16.8 Å². The number of hydrogen-bond acceptors (Lipinski definition) is 8. The average Bonchev–Trinajstić information content (AvgIpc) is 1.81. The third-order valence-electron chi connectivity index (χ3n) is 0.524. The molecule has 0 aliphatic heterocycles. The van der Waals surface area contributed by atoms with Crippen LogP contribution >= 0.6 is 0 Å². The third kappa shape index (κ3) is 31.3. The molecular weight excluding hydrogens is 353 g/mol. The number of rotatable bonds is 4. The Morgan fingerprint density at radius 3 is 1.07 bits per heavy atom. The van der Waals surface area contributed by atoms with Gasteiger partial charge >= 0.3 is 27.3 Å². The van der Waals surface area contributed by atoms with Crippen LogP contribution in [0.4, 0.5) is 0 Å². The zero-order valence-corrected chi connectivity index (χ0v) is 13.9. The van der Waals surface area contributed by atoms with Crippen LogP contribution in [-0.4, -0.2) is 39.2 Å². The van der Waals surface area contributed by atoms with Gasteiger partial charge in [0.25, 0.3) is 0 Å². The van der Waals surface area contributed by atoms with Crippen LogP contribution in [0.5, 0.6) is 0 Å². The molecule has 0 radical (unpaired) electrons. The molecule has 0 rings (SSSR count). The summed E-state index contributed by atoms with van der Waals surface area (Å²) in [7, 11) is -8.85. The van der Waals surface area contributed by atoms with Gasteiger partial charge < -0.3 is 9.11 Å². The summed E-state index contributed by atoms with van der Waals surface area (Å²) in [5.41, 5.74) is 0. The summed E-state index contributed by atoms with van der Waals surface area (Å²) in [6, 6.07) is 0. The van der Waals surface area contributed by atoms with Crippen molar-refractivity contribution in [1.82, 2.24) is 0 Å². The van der Waals surface area contributed by atoms with Crippen LogP contribution in [0.3, 0.4) is 0 Å². The molecule has 0 saturated heterocycles. The van der Waals surface area contributed by atoms with Crippen molar-refractivity contribution < 1.29 is 61.6 Å². The third-order valence-corrected chi connectivity index (χ3v) is 1.57. The van der Waals surface area contributed by atoms with Gasteiger partial charge in [-0.1, -0.05) is 0 Å². The summed E-state index contributed by atoms with van der Waals surface area (Å²) >= 11 is 0. The molecular formula is C4H10CdO8S2. The zero-order valence-electron chi connectivity index (χ0n) is 8.20. The molecule has 0 aromatic rings. The normalized spacial score (nSPS) is 10.9. The van der Waals surface area contributed by atoms with Crippen LogP contribution in [0.15, 0.2) is 0 Å². The monoisotopic (exact) mass is 364 g/mol. The average molecular weight is 363 g/mol. The predicted molar refractivity (Wildman–Crippen MR) is 42.6 cm³/mol.